The molecule has 1 aliphatic heterocycles. The molecular formula is C18H21NO. The third-order valence-corrected chi connectivity index (χ3v) is 4.33. The quantitative estimate of drug-likeness (QED) is 0.743. The second-order valence-electron chi connectivity index (χ2n) is 6.43. The van der Waals surface area contributed by atoms with Crippen LogP contribution in [0.3, 0.4) is 0 Å². The Balaban J connectivity index is 2.18. The lowest BCUT2D eigenvalue weighted by Crippen LogP contribution is -2.41. The molecule has 1 aromatic rings. The molecule has 0 spiro atoms. The highest BCUT2D eigenvalue weighted by Gasteiger charge is 2.46. The molecular weight excluding hydrogens is 246 g/mol. The third-order valence-electron chi connectivity index (χ3n) is 4.33. The van der Waals surface area contributed by atoms with Crippen LogP contribution >= 0.6 is 0 Å². The van der Waals surface area contributed by atoms with Crippen LogP contribution < -0.4 is 0 Å². The monoisotopic (exact) mass is 267 g/mol. The van der Waals surface area contributed by atoms with E-state index >= 15 is 0 Å². The Labute approximate surface area is 120 Å². The summed E-state index contributed by atoms with van der Waals surface area (Å²) in [7, 11) is 0. The number of ether oxygens (including phenoxy) is 1. The average molecular weight is 267 g/mol. The second kappa shape index (κ2) is 4.34. The van der Waals surface area contributed by atoms with Gasteiger partial charge in [0.15, 0.2) is 5.90 Å². The summed E-state index contributed by atoms with van der Waals surface area (Å²) in [5.74, 6) is 1.04. The predicted molar refractivity (Wildman–Crippen MR) is 84.0 cm³/mol. The van der Waals surface area contributed by atoms with Crippen molar-refractivity contribution in [1.29, 1.82) is 0 Å². The first-order valence-corrected chi connectivity index (χ1v) is 7.11. The van der Waals surface area contributed by atoms with E-state index < -0.39 is 0 Å². The van der Waals surface area contributed by atoms with Crippen LogP contribution in [0.25, 0.3) is 6.08 Å². The topological polar surface area (TPSA) is 21.6 Å². The van der Waals surface area contributed by atoms with Crippen molar-refractivity contribution in [3.05, 3.63) is 54.1 Å². The Morgan fingerprint density at radius 2 is 2.05 bits per heavy atom. The van der Waals surface area contributed by atoms with Crippen LogP contribution in [0.5, 0.6) is 0 Å². The minimum absolute atomic E-state index is 0.139. The van der Waals surface area contributed by atoms with Gasteiger partial charge in [-0.05, 0) is 31.9 Å². The van der Waals surface area contributed by atoms with E-state index in [0.717, 1.165) is 5.90 Å². The molecule has 0 radical (unpaired) electrons. The van der Waals surface area contributed by atoms with E-state index in [1.807, 2.05) is 6.08 Å². The lowest BCUT2D eigenvalue weighted by molar-refractivity contribution is 0.255. The smallest absolute Gasteiger partial charge is 0.195 e. The van der Waals surface area contributed by atoms with Gasteiger partial charge < -0.3 is 4.74 Å². The third kappa shape index (κ3) is 1.82. The highest BCUT2D eigenvalue weighted by Crippen LogP contribution is 2.43. The van der Waals surface area contributed by atoms with Crippen molar-refractivity contribution in [2.75, 3.05) is 6.61 Å². The lowest BCUT2D eigenvalue weighted by Gasteiger charge is -2.37. The van der Waals surface area contributed by atoms with Crippen molar-refractivity contribution in [3.8, 4) is 0 Å². The largest absolute Gasteiger partial charge is 0.478 e. The summed E-state index contributed by atoms with van der Waals surface area (Å²) < 4.78 is 5.97. The predicted octanol–water partition coefficient (Wildman–Crippen LogP) is 3.98. The molecule has 1 aromatic carbocycles. The van der Waals surface area contributed by atoms with Crippen LogP contribution in [-0.4, -0.2) is 18.0 Å². The van der Waals surface area contributed by atoms with Gasteiger partial charge in [-0.15, -0.1) is 6.58 Å². The minimum Gasteiger partial charge on any atom is -0.478 e. The van der Waals surface area contributed by atoms with E-state index in [9.17, 15) is 0 Å². The molecule has 2 atom stereocenters. The molecule has 1 aliphatic carbocycles. The van der Waals surface area contributed by atoms with E-state index in [-0.39, 0.29) is 16.9 Å². The number of aliphatic imine (C=N–C) groups is 1. The summed E-state index contributed by atoms with van der Waals surface area (Å²) in [4.78, 5) is 4.83. The average Bonchev–Trinajstić information content (AvgIpc) is 2.80. The Kier molecular flexibility index (Phi) is 2.86. The Morgan fingerprint density at radius 1 is 1.30 bits per heavy atom. The highest BCUT2D eigenvalue weighted by molar-refractivity contribution is 5.92. The zero-order valence-corrected chi connectivity index (χ0v) is 12.4. The van der Waals surface area contributed by atoms with Gasteiger partial charge in [0.25, 0.3) is 0 Å². The van der Waals surface area contributed by atoms with Crippen LogP contribution in [0.2, 0.25) is 0 Å². The van der Waals surface area contributed by atoms with Gasteiger partial charge >= 0.3 is 0 Å². The second-order valence-corrected chi connectivity index (χ2v) is 6.43. The summed E-state index contributed by atoms with van der Waals surface area (Å²) in [6.45, 7) is 11.1. The first-order chi connectivity index (χ1) is 9.47. The van der Waals surface area contributed by atoms with Crippen LogP contribution in [-0.2, 0) is 10.2 Å². The molecule has 0 amide bonds. The van der Waals surface area contributed by atoms with Crippen molar-refractivity contribution in [1.82, 2.24) is 0 Å². The maximum atomic E-state index is 5.97. The van der Waals surface area contributed by atoms with Gasteiger partial charge in [0.1, 0.15) is 6.61 Å². The molecule has 0 unspecified atom stereocenters. The van der Waals surface area contributed by atoms with Gasteiger partial charge in [0.2, 0.25) is 0 Å². The SMILES string of the molecule is C=C[C@H]1C=Cc2ccccc2[C@@]1(C)C1=NC(C)(C)CO1. The molecule has 2 aliphatic rings. The number of hydrogen-bond donors (Lipinski definition) is 0. The number of nitrogens with zero attached hydrogens (tertiary/aromatic N) is 1. The molecule has 104 valence electrons. The van der Waals surface area contributed by atoms with E-state index in [1.165, 1.54) is 11.1 Å². The Morgan fingerprint density at radius 3 is 2.70 bits per heavy atom. The number of rotatable bonds is 2. The fraction of sp³-hybridized carbons (Fsp3) is 0.389. The summed E-state index contributed by atoms with van der Waals surface area (Å²) >= 11 is 0. The maximum absolute atomic E-state index is 5.97. The van der Waals surface area contributed by atoms with Crippen LogP contribution in [0.1, 0.15) is 31.9 Å². The normalized spacial score (nSPS) is 30.4. The van der Waals surface area contributed by atoms with Gasteiger partial charge in [-0.25, -0.2) is 4.99 Å². The van der Waals surface area contributed by atoms with Crippen LogP contribution in [0.4, 0.5) is 0 Å². The van der Waals surface area contributed by atoms with Crippen molar-refractivity contribution >= 4 is 12.0 Å². The van der Waals surface area contributed by atoms with Gasteiger partial charge in [0, 0.05) is 5.92 Å². The highest BCUT2D eigenvalue weighted by atomic mass is 16.5. The number of benzene rings is 1. The first-order valence-electron chi connectivity index (χ1n) is 7.11. The number of fused-ring (bicyclic) bond motifs is 1. The lowest BCUT2D eigenvalue weighted by atomic mass is 9.67. The van der Waals surface area contributed by atoms with Gasteiger partial charge in [-0.2, -0.15) is 0 Å². The molecule has 2 heteroatoms. The molecule has 0 saturated carbocycles. The fourth-order valence-electron chi connectivity index (χ4n) is 3.12. The van der Waals surface area contributed by atoms with Gasteiger partial charge in [-0.3, -0.25) is 0 Å². The summed E-state index contributed by atoms with van der Waals surface area (Å²) in [6, 6.07) is 8.46. The van der Waals surface area contributed by atoms with Crippen LogP contribution in [0.15, 0.2) is 48.0 Å². The standard InChI is InChI=1S/C18H21NO/c1-5-14-11-10-13-8-6-7-9-15(13)18(14,4)16-19-17(2,3)12-20-16/h5-11,14H,1,12H2,2-4H3/t14-,18-/m0/s1. The first kappa shape index (κ1) is 13.2. The van der Waals surface area contributed by atoms with Crippen molar-refractivity contribution in [2.45, 2.75) is 31.7 Å². The summed E-state index contributed by atoms with van der Waals surface area (Å²) in [6.07, 6.45) is 6.36. The molecule has 0 saturated heterocycles. The number of hydrogen-bond acceptors (Lipinski definition) is 2. The molecule has 0 bridgehead atoms. The van der Waals surface area contributed by atoms with E-state index in [0.29, 0.717) is 6.61 Å². The minimum atomic E-state index is -0.263. The zero-order valence-electron chi connectivity index (χ0n) is 12.4. The zero-order chi connectivity index (χ0) is 14.4. The Bertz CT molecular complexity index is 612. The van der Waals surface area contributed by atoms with E-state index in [2.05, 4.69) is 63.8 Å². The molecule has 0 fully saturated rings. The molecule has 0 aromatic heterocycles. The van der Waals surface area contributed by atoms with E-state index in [4.69, 9.17) is 9.73 Å². The molecule has 1 heterocycles. The van der Waals surface area contributed by atoms with Crippen LogP contribution in [0, 0.1) is 5.92 Å². The van der Waals surface area contributed by atoms with Crippen molar-refractivity contribution in [2.24, 2.45) is 10.9 Å². The van der Waals surface area contributed by atoms with Crippen molar-refractivity contribution in [3.63, 3.8) is 0 Å². The van der Waals surface area contributed by atoms with Gasteiger partial charge in [0.05, 0.1) is 11.0 Å². The van der Waals surface area contributed by atoms with Gasteiger partial charge in [-0.1, -0.05) is 42.5 Å². The van der Waals surface area contributed by atoms with Crippen molar-refractivity contribution < 1.29 is 4.74 Å². The summed E-state index contributed by atoms with van der Waals surface area (Å²) in [5.41, 5.74) is 2.11. The number of allylic oxidation sites excluding steroid dienone is 2. The molecule has 0 N–H and O–H groups in total. The molecule has 20 heavy (non-hydrogen) atoms. The molecule has 3 rings (SSSR count). The maximum Gasteiger partial charge on any atom is 0.195 e. The Hall–Kier alpha value is -1.83. The summed E-state index contributed by atoms with van der Waals surface area (Å²) in [5, 5.41) is 0. The fourth-order valence-corrected chi connectivity index (χ4v) is 3.12. The van der Waals surface area contributed by atoms with E-state index in [1.54, 1.807) is 0 Å². The molecule has 2 nitrogen and oxygen atoms in total.